The summed E-state index contributed by atoms with van der Waals surface area (Å²) >= 11 is 11.6. The van der Waals surface area contributed by atoms with Gasteiger partial charge in [0.05, 0.1) is 10.6 Å². The summed E-state index contributed by atoms with van der Waals surface area (Å²) in [5, 5.41) is 3.45. The van der Waals surface area contributed by atoms with Crippen molar-refractivity contribution in [3.8, 4) is 0 Å². The number of rotatable bonds is 3. The van der Waals surface area contributed by atoms with Crippen molar-refractivity contribution in [2.24, 2.45) is 5.92 Å². The van der Waals surface area contributed by atoms with Crippen molar-refractivity contribution in [3.63, 3.8) is 0 Å². The van der Waals surface area contributed by atoms with Gasteiger partial charge in [-0.2, -0.15) is 0 Å². The SMILES string of the molecule is CN1CCC(CNC(=O)c2cnc(Cl)c(Cl)c2)CC1. The van der Waals surface area contributed by atoms with E-state index in [-0.39, 0.29) is 11.1 Å². The Labute approximate surface area is 123 Å². The van der Waals surface area contributed by atoms with E-state index in [1.165, 1.54) is 6.20 Å². The Bertz CT molecular complexity index is 459. The van der Waals surface area contributed by atoms with E-state index in [1.807, 2.05) is 0 Å². The van der Waals surface area contributed by atoms with Crippen molar-refractivity contribution in [2.45, 2.75) is 12.8 Å². The van der Waals surface area contributed by atoms with E-state index in [2.05, 4.69) is 22.2 Å². The zero-order chi connectivity index (χ0) is 13.8. The largest absolute Gasteiger partial charge is 0.352 e. The van der Waals surface area contributed by atoms with Gasteiger partial charge >= 0.3 is 0 Å². The molecular weight excluding hydrogens is 285 g/mol. The molecule has 0 saturated carbocycles. The first kappa shape index (κ1) is 14.6. The van der Waals surface area contributed by atoms with Crippen molar-refractivity contribution in [1.29, 1.82) is 0 Å². The minimum absolute atomic E-state index is 0.148. The van der Waals surface area contributed by atoms with Crippen LogP contribution in [0.25, 0.3) is 0 Å². The van der Waals surface area contributed by atoms with Crippen LogP contribution in [0.15, 0.2) is 12.3 Å². The number of pyridine rings is 1. The third-order valence-corrected chi connectivity index (χ3v) is 4.13. The van der Waals surface area contributed by atoms with Gasteiger partial charge < -0.3 is 10.2 Å². The van der Waals surface area contributed by atoms with Gasteiger partial charge in [-0.1, -0.05) is 23.2 Å². The third kappa shape index (κ3) is 4.06. The highest BCUT2D eigenvalue weighted by atomic mass is 35.5. The number of carbonyl (C=O) groups excluding carboxylic acids is 1. The molecule has 1 aliphatic heterocycles. The number of nitrogens with one attached hydrogen (secondary N) is 1. The summed E-state index contributed by atoms with van der Waals surface area (Å²) in [6, 6.07) is 1.54. The van der Waals surface area contributed by atoms with Crippen LogP contribution in [0, 0.1) is 5.92 Å². The summed E-state index contributed by atoms with van der Waals surface area (Å²) in [6.45, 7) is 2.89. The molecular formula is C13H17Cl2N3O. The Balaban J connectivity index is 1.85. The van der Waals surface area contributed by atoms with E-state index in [4.69, 9.17) is 23.2 Å². The van der Waals surface area contributed by atoms with Crippen LogP contribution in [-0.4, -0.2) is 42.5 Å². The molecule has 0 spiro atoms. The minimum atomic E-state index is -0.148. The van der Waals surface area contributed by atoms with Crippen LogP contribution in [0.2, 0.25) is 10.2 Å². The average Bonchev–Trinajstić information content (AvgIpc) is 2.41. The second-order valence-corrected chi connectivity index (χ2v) is 5.72. The van der Waals surface area contributed by atoms with Gasteiger partial charge in [0.1, 0.15) is 5.15 Å². The fraction of sp³-hybridized carbons (Fsp3) is 0.538. The molecule has 1 aromatic rings. The summed E-state index contributed by atoms with van der Waals surface area (Å²) in [7, 11) is 2.12. The van der Waals surface area contributed by atoms with Crippen molar-refractivity contribution >= 4 is 29.1 Å². The molecule has 0 radical (unpaired) electrons. The van der Waals surface area contributed by atoms with Crippen LogP contribution >= 0.6 is 23.2 Å². The van der Waals surface area contributed by atoms with Crippen LogP contribution in [-0.2, 0) is 0 Å². The molecule has 4 nitrogen and oxygen atoms in total. The molecule has 1 fully saturated rings. The second kappa shape index (κ2) is 6.55. The highest BCUT2D eigenvalue weighted by molar-refractivity contribution is 6.41. The van der Waals surface area contributed by atoms with Gasteiger partial charge in [-0.3, -0.25) is 4.79 Å². The second-order valence-electron chi connectivity index (χ2n) is 4.95. The molecule has 0 bridgehead atoms. The Morgan fingerprint density at radius 2 is 2.16 bits per heavy atom. The molecule has 19 heavy (non-hydrogen) atoms. The first-order valence-electron chi connectivity index (χ1n) is 6.34. The number of hydrogen-bond donors (Lipinski definition) is 1. The molecule has 1 aromatic heterocycles. The van der Waals surface area contributed by atoms with Gasteiger partial charge in [-0.25, -0.2) is 4.98 Å². The van der Waals surface area contributed by atoms with Crippen LogP contribution in [0.1, 0.15) is 23.2 Å². The molecule has 2 heterocycles. The number of piperidine rings is 1. The molecule has 0 atom stereocenters. The number of aromatic nitrogens is 1. The van der Waals surface area contributed by atoms with Gasteiger partial charge in [0.25, 0.3) is 5.91 Å². The molecule has 1 amide bonds. The maximum atomic E-state index is 12.0. The van der Waals surface area contributed by atoms with Crippen LogP contribution in [0.5, 0.6) is 0 Å². The fourth-order valence-electron chi connectivity index (χ4n) is 2.15. The molecule has 1 saturated heterocycles. The Kier molecular flexibility index (Phi) is 5.02. The highest BCUT2D eigenvalue weighted by Crippen LogP contribution is 2.20. The van der Waals surface area contributed by atoms with Crippen molar-refractivity contribution in [1.82, 2.24) is 15.2 Å². The van der Waals surface area contributed by atoms with Crippen molar-refractivity contribution in [3.05, 3.63) is 28.0 Å². The number of amides is 1. The molecule has 0 aromatic carbocycles. The molecule has 2 rings (SSSR count). The molecule has 0 aliphatic carbocycles. The summed E-state index contributed by atoms with van der Waals surface area (Å²) < 4.78 is 0. The summed E-state index contributed by atoms with van der Waals surface area (Å²) in [5.74, 6) is 0.404. The van der Waals surface area contributed by atoms with Crippen molar-refractivity contribution < 1.29 is 4.79 Å². The first-order chi connectivity index (χ1) is 9.06. The lowest BCUT2D eigenvalue weighted by atomic mass is 9.97. The monoisotopic (exact) mass is 301 g/mol. The van der Waals surface area contributed by atoms with E-state index in [0.717, 1.165) is 25.9 Å². The standard InChI is InChI=1S/C13H17Cl2N3O/c1-18-4-2-9(3-5-18)7-17-13(19)10-6-11(14)12(15)16-8-10/h6,8-9H,2-5,7H2,1H3,(H,17,19). The Morgan fingerprint density at radius 3 is 2.79 bits per heavy atom. The quantitative estimate of drug-likeness (QED) is 0.872. The zero-order valence-corrected chi connectivity index (χ0v) is 12.3. The molecule has 1 aliphatic rings. The lowest BCUT2D eigenvalue weighted by Crippen LogP contribution is -2.36. The number of hydrogen-bond acceptors (Lipinski definition) is 3. The average molecular weight is 302 g/mol. The maximum Gasteiger partial charge on any atom is 0.252 e. The predicted molar refractivity (Wildman–Crippen MR) is 76.8 cm³/mol. The Morgan fingerprint density at radius 1 is 1.47 bits per heavy atom. The number of halogens is 2. The minimum Gasteiger partial charge on any atom is -0.352 e. The lowest BCUT2D eigenvalue weighted by molar-refractivity contribution is 0.0938. The normalized spacial score (nSPS) is 17.4. The van der Waals surface area contributed by atoms with Gasteiger partial charge in [0.15, 0.2) is 0 Å². The molecule has 6 heteroatoms. The highest BCUT2D eigenvalue weighted by Gasteiger charge is 2.17. The third-order valence-electron chi connectivity index (χ3n) is 3.45. The molecule has 1 N–H and O–H groups in total. The van der Waals surface area contributed by atoms with Crippen LogP contribution in [0.4, 0.5) is 0 Å². The first-order valence-corrected chi connectivity index (χ1v) is 7.09. The van der Waals surface area contributed by atoms with Gasteiger partial charge in [-0.15, -0.1) is 0 Å². The lowest BCUT2D eigenvalue weighted by Gasteiger charge is -2.28. The molecule has 0 unspecified atom stereocenters. The number of carbonyl (C=O) groups is 1. The number of nitrogens with zero attached hydrogens (tertiary/aromatic N) is 2. The van der Waals surface area contributed by atoms with Gasteiger partial charge in [-0.05, 0) is 45.0 Å². The summed E-state index contributed by atoms with van der Waals surface area (Å²) in [6.07, 6.45) is 3.69. The van der Waals surface area contributed by atoms with Crippen molar-refractivity contribution in [2.75, 3.05) is 26.7 Å². The Hall–Kier alpha value is -0.840. The van der Waals surface area contributed by atoms with Gasteiger partial charge in [0.2, 0.25) is 0 Å². The number of likely N-dealkylation sites (tertiary alicyclic amines) is 1. The fourth-order valence-corrected chi connectivity index (χ4v) is 2.42. The smallest absolute Gasteiger partial charge is 0.252 e. The van der Waals surface area contributed by atoms with E-state index in [1.54, 1.807) is 6.07 Å². The zero-order valence-electron chi connectivity index (χ0n) is 10.8. The predicted octanol–water partition coefficient (Wildman–Crippen LogP) is 2.46. The summed E-state index contributed by atoms with van der Waals surface area (Å²) in [5.41, 5.74) is 0.447. The maximum absolute atomic E-state index is 12.0. The van der Waals surface area contributed by atoms with Crippen LogP contribution < -0.4 is 5.32 Å². The van der Waals surface area contributed by atoms with E-state index < -0.39 is 0 Å². The topological polar surface area (TPSA) is 45.2 Å². The summed E-state index contributed by atoms with van der Waals surface area (Å²) in [4.78, 5) is 18.1. The van der Waals surface area contributed by atoms with E-state index >= 15 is 0 Å². The van der Waals surface area contributed by atoms with E-state index in [9.17, 15) is 4.79 Å². The molecule has 104 valence electrons. The van der Waals surface area contributed by atoms with E-state index in [0.29, 0.717) is 23.0 Å². The van der Waals surface area contributed by atoms with Gasteiger partial charge in [0, 0.05) is 12.7 Å². The van der Waals surface area contributed by atoms with Crippen LogP contribution in [0.3, 0.4) is 0 Å².